The van der Waals surface area contributed by atoms with Gasteiger partial charge in [0, 0.05) is 58.2 Å². The molecule has 0 aromatic carbocycles. The molecular formula is C20H31N7OS. The largest absolute Gasteiger partial charge is 0.356 e. The molecule has 0 saturated carbocycles. The maximum atomic E-state index is 12.7. The van der Waals surface area contributed by atoms with Gasteiger partial charge in [0.1, 0.15) is 0 Å². The zero-order valence-electron chi connectivity index (χ0n) is 17.2. The van der Waals surface area contributed by atoms with Crippen LogP contribution in [0, 0.1) is 5.92 Å². The van der Waals surface area contributed by atoms with Crippen LogP contribution in [-0.2, 0) is 4.79 Å². The molecule has 1 unspecified atom stereocenters. The number of piperidine rings is 1. The van der Waals surface area contributed by atoms with Crippen LogP contribution in [0.25, 0.3) is 5.13 Å². The van der Waals surface area contributed by atoms with Crippen LogP contribution in [0.15, 0.2) is 24.5 Å². The van der Waals surface area contributed by atoms with Crippen LogP contribution in [0.3, 0.4) is 0 Å². The highest BCUT2D eigenvalue weighted by atomic mass is 32.1. The minimum atomic E-state index is 0.0336. The van der Waals surface area contributed by atoms with Crippen molar-refractivity contribution in [1.29, 1.82) is 0 Å². The van der Waals surface area contributed by atoms with Crippen molar-refractivity contribution in [1.82, 2.24) is 29.9 Å². The highest BCUT2D eigenvalue weighted by Crippen LogP contribution is 2.27. The zero-order valence-corrected chi connectivity index (χ0v) is 18.0. The average Bonchev–Trinajstić information content (AvgIpc) is 3.44. The molecule has 0 aliphatic carbocycles. The van der Waals surface area contributed by atoms with Crippen molar-refractivity contribution >= 4 is 22.4 Å². The number of aromatic nitrogens is 3. The van der Waals surface area contributed by atoms with Gasteiger partial charge in [-0.1, -0.05) is 11.3 Å². The Morgan fingerprint density at radius 1 is 1.14 bits per heavy atom. The smallest absolute Gasteiger partial charge is 0.224 e. The van der Waals surface area contributed by atoms with Crippen LogP contribution in [0.4, 0.5) is 5.13 Å². The molecule has 158 valence electrons. The fourth-order valence-corrected chi connectivity index (χ4v) is 4.85. The Balaban J connectivity index is 1.21. The Morgan fingerprint density at radius 2 is 1.90 bits per heavy atom. The molecule has 2 aliphatic rings. The van der Waals surface area contributed by atoms with Gasteiger partial charge in [-0.05, 0) is 45.0 Å². The van der Waals surface area contributed by atoms with Crippen LogP contribution >= 0.6 is 11.3 Å². The molecule has 4 rings (SSSR count). The fourth-order valence-electron chi connectivity index (χ4n) is 4.00. The summed E-state index contributed by atoms with van der Waals surface area (Å²) in [6.45, 7) is 8.04. The van der Waals surface area contributed by atoms with E-state index in [-0.39, 0.29) is 11.8 Å². The molecule has 1 atom stereocenters. The van der Waals surface area contributed by atoms with Gasteiger partial charge < -0.3 is 20.0 Å². The first kappa shape index (κ1) is 20.3. The molecule has 8 nitrogen and oxygen atoms in total. The number of nitrogens with one attached hydrogen (secondary N) is 1. The van der Waals surface area contributed by atoms with E-state index in [1.54, 1.807) is 11.3 Å². The maximum absolute atomic E-state index is 12.7. The summed E-state index contributed by atoms with van der Waals surface area (Å²) in [6, 6.07) is 3.96. The molecule has 1 amide bonds. The van der Waals surface area contributed by atoms with E-state index < -0.39 is 0 Å². The molecule has 1 N–H and O–H groups in total. The lowest BCUT2D eigenvalue weighted by Gasteiger charge is -2.32. The maximum Gasteiger partial charge on any atom is 0.224 e. The Bertz CT molecular complexity index is 770. The van der Waals surface area contributed by atoms with Gasteiger partial charge in [-0.2, -0.15) is 0 Å². The lowest BCUT2D eigenvalue weighted by Crippen LogP contribution is -2.46. The van der Waals surface area contributed by atoms with E-state index in [2.05, 4.69) is 37.3 Å². The first-order valence-corrected chi connectivity index (χ1v) is 11.4. The van der Waals surface area contributed by atoms with E-state index in [1.165, 1.54) is 0 Å². The summed E-state index contributed by atoms with van der Waals surface area (Å²) >= 11 is 1.57. The molecule has 0 spiro atoms. The molecule has 0 bridgehead atoms. The third-order valence-corrected chi connectivity index (χ3v) is 6.84. The number of piperazine rings is 1. The Hall–Kier alpha value is -1.97. The van der Waals surface area contributed by atoms with E-state index in [0.717, 1.165) is 81.9 Å². The van der Waals surface area contributed by atoms with Crippen molar-refractivity contribution in [3.63, 3.8) is 0 Å². The molecule has 0 radical (unpaired) electrons. The highest BCUT2D eigenvalue weighted by Gasteiger charge is 2.27. The number of hydrogen-bond donors (Lipinski definition) is 1. The van der Waals surface area contributed by atoms with Gasteiger partial charge in [0.25, 0.3) is 0 Å². The van der Waals surface area contributed by atoms with Crippen molar-refractivity contribution in [3.8, 4) is 5.13 Å². The summed E-state index contributed by atoms with van der Waals surface area (Å²) in [4.78, 5) is 19.7. The van der Waals surface area contributed by atoms with Gasteiger partial charge in [0.05, 0.1) is 5.92 Å². The molecule has 29 heavy (non-hydrogen) atoms. The molecule has 2 fully saturated rings. The molecular weight excluding hydrogens is 386 g/mol. The van der Waals surface area contributed by atoms with Crippen LogP contribution < -0.4 is 10.2 Å². The lowest BCUT2D eigenvalue weighted by atomic mass is 9.97. The van der Waals surface area contributed by atoms with Crippen molar-refractivity contribution in [2.75, 3.05) is 64.3 Å². The summed E-state index contributed by atoms with van der Waals surface area (Å²) in [5.41, 5.74) is 0. The van der Waals surface area contributed by atoms with Gasteiger partial charge in [-0.15, -0.1) is 10.2 Å². The minimum absolute atomic E-state index is 0.0336. The van der Waals surface area contributed by atoms with Crippen LogP contribution in [0.1, 0.15) is 19.3 Å². The zero-order chi connectivity index (χ0) is 20.1. The molecule has 2 saturated heterocycles. The highest BCUT2D eigenvalue weighted by molar-refractivity contribution is 7.17. The van der Waals surface area contributed by atoms with E-state index in [9.17, 15) is 4.79 Å². The number of hydrogen-bond acceptors (Lipinski definition) is 7. The van der Waals surface area contributed by atoms with Crippen molar-refractivity contribution < 1.29 is 4.79 Å². The van der Waals surface area contributed by atoms with Crippen LogP contribution in [-0.4, -0.2) is 89.9 Å². The molecule has 2 aliphatic heterocycles. The lowest BCUT2D eigenvalue weighted by molar-refractivity contribution is -0.125. The summed E-state index contributed by atoms with van der Waals surface area (Å²) in [7, 11) is 2.17. The molecule has 2 aromatic heterocycles. The van der Waals surface area contributed by atoms with E-state index in [4.69, 9.17) is 0 Å². The number of carbonyl (C=O) groups excluding carboxylic acids is 1. The first-order chi connectivity index (χ1) is 14.2. The second kappa shape index (κ2) is 9.69. The number of amides is 1. The van der Waals surface area contributed by atoms with Crippen molar-refractivity contribution in [2.24, 2.45) is 5.92 Å². The SMILES string of the molecule is CN1CCN(CCCNC(=O)C2CCCN(c3nnc(-n4cccc4)s3)C2)CC1. The predicted octanol–water partition coefficient (Wildman–Crippen LogP) is 1.30. The summed E-state index contributed by atoms with van der Waals surface area (Å²) in [6.07, 6.45) is 6.92. The Kier molecular flexibility index (Phi) is 6.78. The normalized spacial score (nSPS) is 21.4. The van der Waals surface area contributed by atoms with E-state index in [0.29, 0.717) is 0 Å². The van der Waals surface area contributed by atoms with E-state index in [1.807, 2.05) is 29.1 Å². The third-order valence-electron chi connectivity index (χ3n) is 5.84. The molecule has 4 heterocycles. The van der Waals surface area contributed by atoms with Crippen LogP contribution in [0.5, 0.6) is 0 Å². The van der Waals surface area contributed by atoms with Gasteiger partial charge >= 0.3 is 0 Å². The van der Waals surface area contributed by atoms with Crippen LogP contribution in [0.2, 0.25) is 0 Å². The van der Waals surface area contributed by atoms with Crippen molar-refractivity contribution in [3.05, 3.63) is 24.5 Å². The number of carbonyl (C=O) groups is 1. The molecule has 9 heteroatoms. The number of rotatable bonds is 7. The minimum Gasteiger partial charge on any atom is -0.356 e. The predicted molar refractivity (Wildman–Crippen MR) is 116 cm³/mol. The summed E-state index contributed by atoms with van der Waals surface area (Å²) in [5.74, 6) is 0.217. The van der Waals surface area contributed by atoms with E-state index >= 15 is 0 Å². The van der Waals surface area contributed by atoms with Gasteiger partial charge in [0.15, 0.2) is 0 Å². The summed E-state index contributed by atoms with van der Waals surface area (Å²) < 4.78 is 1.97. The molecule has 2 aromatic rings. The number of nitrogens with zero attached hydrogens (tertiary/aromatic N) is 6. The fraction of sp³-hybridized carbons (Fsp3) is 0.650. The average molecular weight is 418 g/mol. The van der Waals surface area contributed by atoms with Crippen molar-refractivity contribution in [2.45, 2.75) is 19.3 Å². The Morgan fingerprint density at radius 3 is 2.69 bits per heavy atom. The summed E-state index contributed by atoms with van der Waals surface area (Å²) in [5, 5.41) is 13.6. The quantitative estimate of drug-likeness (QED) is 0.685. The second-order valence-electron chi connectivity index (χ2n) is 8.03. The first-order valence-electron chi connectivity index (χ1n) is 10.6. The third kappa shape index (κ3) is 5.34. The monoisotopic (exact) mass is 417 g/mol. The Labute approximate surface area is 176 Å². The second-order valence-corrected chi connectivity index (χ2v) is 8.97. The number of anilines is 1. The van der Waals surface area contributed by atoms with Gasteiger partial charge in [-0.25, -0.2) is 0 Å². The van der Waals surface area contributed by atoms with Gasteiger partial charge in [-0.3, -0.25) is 9.36 Å². The van der Waals surface area contributed by atoms with Gasteiger partial charge in [0.2, 0.25) is 16.2 Å². The number of likely N-dealkylation sites (N-methyl/N-ethyl adjacent to an activating group) is 1. The topological polar surface area (TPSA) is 69.5 Å². The standard InChI is InChI=1S/C20H31N7OS/c1-24-12-14-25(15-13-24)8-5-7-21-18(28)17-6-4-11-27(16-17)20-23-22-19(29-20)26-9-2-3-10-26/h2-3,9-10,17H,4-8,11-16H2,1H3,(H,21,28).